The Hall–Kier alpha value is -3.25. The minimum absolute atomic E-state index is 0.126. The van der Waals surface area contributed by atoms with Gasteiger partial charge in [-0.1, -0.05) is 40.2 Å². The molecule has 4 aromatic rings. The van der Waals surface area contributed by atoms with Crippen LogP contribution in [-0.2, 0) is 6.54 Å². The van der Waals surface area contributed by atoms with Gasteiger partial charge in [0.05, 0.1) is 17.0 Å². The van der Waals surface area contributed by atoms with Crippen molar-refractivity contribution in [3.63, 3.8) is 0 Å². The number of benzene rings is 2. The van der Waals surface area contributed by atoms with Gasteiger partial charge in [0.2, 0.25) is 5.76 Å². The third-order valence-electron chi connectivity index (χ3n) is 5.66. The highest BCUT2D eigenvalue weighted by Crippen LogP contribution is 2.39. The van der Waals surface area contributed by atoms with Gasteiger partial charge in [-0.2, -0.15) is 0 Å². The zero-order valence-electron chi connectivity index (χ0n) is 17.1. The van der Waals surface area contributed by atoms with Crippen LogP contribution in [0.3, 0.4) is 0 Å². The highest BCUT2D eigenvalue weighted by Gasteiger charge is 2.42. The van der Waals surface area contributed by atoms with Crippen LogP contribution < -0.4 is 5.43 Å². The van der Waals surface area contributed by atoms with Gasteiger partial charge in [-0.3, -0.25) is 14.6 Å². The Kier molecular flexibility index (Phi) is 4.74. The Morgan fingerprint density at radius 3 is 2.58 bits per heavy atom. The van der Waals surface area contributed by atoms with Crippen molar-refractivity contribution in [2.45, 2.75) is 26.4 Å². The number of carbonyl (C=O) groups excluding carboxylic acids is 1. The molecule has 3 heterocycles. The third kappa shape index (κ3) is 3.27. The van der Waals surface area contributed by atoms with Crippen molar-refractivity contribution in [2.24, 2.45) is 0 Å². The number of carbonyl (C=O) groups is 1. The molecule has 154 valence electrons. The smallest absolute Gasteiger partial charge is 0.291 e. The Balaban J connectivity index is 1.76. The summed E-state index contributed by atoms with van der Waals surface area (Å²) in [5.74, 6) is -0.160. The molecule has 0 saturated carbocycles. The van der Waals surface area contributed by atoms with Crippen LogP contribution in [0.1, 0.15) is 44.4 Å². The molecule has 2 aromatic carbocycles. The van der Waals surface area contributed by atoms with Gasteiger partial charge < -0.3 is 9.32 Å². The molecule has 1 aliphatic heterocycles. The summed E-state index contributed by atoms with van der Waals surface area (Å²) < 4.78 is 7.04. The topological polar surface area (TPSA) is 63.4 Å². The van der Waals surface area contributed by atoms with E-state index in [-0.39, 0.29) is 17.1 Å². The molecule has 0 radical (unpaired) electrons. The first-order valence-corrected chi connectivity index (χ1v) is 10.8. The van der Waals surface area contributed by atoms with Crippen LogP contribution in [0, 0.1) is 13.8 Å². The van der Waals surface area contributed by atoms with Crippen LogP contribution >= 0.6 is 15.9 Å². The highest BCUT2D eigenvalue weighted by atomic mass is 79.9. The summed E-state index contributed by atoms with van der Waals surface area (Å²) in [6.45, 7) is 4.17. The first kappa shape index (κ1) is 19.7. The quantitative estimate of drug-likeness (QED) is 0.403. The molecule has 5 rings (SSSR count). The molecule has 1 unspecified atom stereocenters. The molecule has 1 aliphatic rings. The molecule has 0 fully saturated rings. The van der Waals surface area contributed by atoms with Gasteiger partial charge in [0.15, 0.2) is 5.43 Å². The van der Waals surface area contributed by atoms with Crippen molar-refractivity contribution in [3.8, 4) is 0 Å². The second kappa shape index (κ2) is 7.46. The first-order chi connectivity index (χ1) is 14.9. The number of rotatable bonds is 3. The van der Waals surface area contributed by atoms with Crippen LogP contribution in [0.25, 0.3) is 11.0 Å². The summed E-state index contributed by atoms with van der Waals surface area (Å²) in [6, 6.07) is 14.7. The molecular weight excluding hydrogens is 456 g/mol. The Bertz CT molecular complexity index is 1380. The molecule has 31 heavy (non-hydrogen) atoms. The zero-order chi connectivity index (χ0) is 21.7. The number of amides is 1. The molecular formula is C25H19BrN2O3. The Labute approximate surface area is 187 Å². The number of fused-ring (bicyclic) bond motifs is 2. The predicted octanol–water partition coefficient (Wildman–Crippen LogP) is 5.31. The highest BCUT2D eigenvalue weighted by molar-refractivity contribution is 9.10. The lowest BCUT2D eigenvalue weighted by Crippen LogP contribution is -2.29. The van der Waals surface area contributed by atoms with E-state index in [4.69, 9.17) is 4.42 Å². The van der Waals surface area contributed by atoms with E-state index in [1.807, 2.05) is 62.4 Å². The van der Waals surface area contributed by atoms with Gasteiger partial charge in [-0.25, -0.2) is 0 Å². The van der Waals surface area contributed by atoms with Crippen LogP contribution in [0.15, 0.2) is 74.6 Å². The molecule has 6 heteroatoms. The van der Waals surface area contributed by atoms with Crippen LogP contribution in [0.2, 0.25) is 0 Å². The van der Waals surface area contributed by atoms with Gasteiger partial charge in [0, 0.05) is 23.4 Å². The second-order valence-electron chi connectivity index (χ2n) is 7.88. The van der Waals surface area contributed by atoms with Crippen molar-refractivity contribution < 1.29 is 9.21 Å². The lowest BCUT2D eigenvalue weighted by atomic mass is 9.97. The summed E-state index contributed by atoms with van der Waals surface area (Å²) in [7, 11) is 0. The van der Waals surface area contributed by atoms with E-state index in [0.717, 1.165) is 26.7 Å². The summed E-state index contributed by atoms with van der Waals surface area (Å²) in [5, 5.41) is 0.509. The van der Waals surface area contributed by atoms with E-state index in [1.54, 1.807) is 17.3 Å². The fourth-order valence-corrected chi connectivity index (χ4v) is 4.58. The molecule has 0 saturated heterocycles. The molecule has 2 aromatic heterocycles. The van der Waals surface area contributed by atoms with E-state index >= 15 is 0 Å². The van der Waals surface area contributed by atoms with E-state index < -0.39 is 6.04 Å². The third-order valence-corrected chi connectivity index (χ3v) is 6.19. The SMILES string of the molecule is Cc1cc(C)c2oc3c(c(=O)c2c1)C(c1ccc(Br)cc1)N(Cc1cccnc1)C3=O. The average molecular weight is 475 g/mol. The van der Waals surface area contributed by atoms with E-state index in [2.05, 4.69) is 20.9 Å². The Morgan fingerprint density at radius 2 is 1.87 bits per heavy atom. The van der Waals surface area contributed by atoms with Crippen LogP contribution in [-0.4, -0.2) is 15.8 Å². The van der Waals surface area contributed by atoms with E-state index in [9.17, 15) is 9.59 Å². The lowest BCUT2D eigenvalue weighted by molar-refractivity contribution is 0.0714. The van der Waals surface area contributed by atoms with Crippen molar-refractivity contribution in [1.82, 2.24) is 9.88 Å². The molecule has 0 N–H and O–H groups in total. The summed E-state index contributed by atoms with van der Waals surface area (Å²) in [6.07, 6.45) is 3.42. The van der Waals surface area contributed by atoms with E-state index in [0.29, 0.717) is 23.1 Å². The fraction of sp³-hybridized carbons (Fsp3) is 0.160. The monoisotopic (exact) mass is 474 g/mol. The minimum Gasteiger partial charge on any atom is -0.450 e. The molecule has 1 atom stereocenters. The van der Waals surface area contributed by atoms with Crippen molar-refractivity contribution >= 4 is 32.8 Å². The predicted molar refractivity (Wildman–Crippen MR) is 122 cm³/mol. The number of halogens is 1. The number of nitrogens with zero attached hydrogens (tertiary/aromatic N) is 2. The molecule has 5 nitrogen and oxygen atoms in total. The van der Waals surface area contributed by atoms with Gasteiger partial charge in [0.1, 0.15) is 5.58 Å². The number of aryl methyl sites for hydroxylation is 2. The zero-order valence-corrected chi connectivity index (χ0v) is 18.6. The van der Waals surface area contributed by atoms with Gasteiger partial charge >= 0.3 is 0 Å². The molecule has 1 amide bonds. The van der Waals surface area contributed by atoms with Crippen molar-refractivity contribution in [3.05, 3.63) is 109 Å². The van der Waals surface area contributed by atoms with Crippen molar-refractivity contribution in [2.75, 3.05) is 0 Å². The summed E-state index contributed by atoms with van der Waals surface area (Å²) >= 11 is 3.46. The van der Waals surface area contributed by atoms with E-state index in [1.165, 1.54) is 0 Å². The number of aromatic nitrogens is 1. The van der Waals surface area contributed by atoms with Gasteiger partial charge in [-0.05, 0) is 60.4 Å². The molecule has 0 spiro atoms. The average Bonchev–Trinajstić information content (AvgIpc) is 3.03. The van der Waals surface area contributed by atoms with Crippen molar-refractivity contribution in [1.29, 1.82) is 0 Å². The normalized spacial score (nSPS) is 15.5. The number of hydrogen-bond donors (Lipinski definition) is 0. The Morgan fingerprint density at radius 1 is 1.10 bits per heavy atom. The maximum absolute atomic E-state index is 13.7. The fourth-order valence-electron chi connectivity index (χ4n) is 4.32. The second-order valence-corrected chi connectivity index (χ2v) is 8.80. The van der Waals surface area contributed by atoms with Gasteiger partial charge in [-0.15, -0.1) is 0 Å². The molecule has 0 bridgehead atoms. The van der Waals surface area contributed by atoms with Gasteiger partial charge in [0.25, 0.3) is 5.91 Å². The number of pyridine rings is 1. The number of hydrogen-bond acceptors (Lipinski definition) is 4. The maximum atomic E-state index is 13.7. The largest absolute Gasteiger partial charge is 0.450 e. The summed E-state index contributed by atoms with van der Waals surface area (Å²) in [4.78, 5) is 33.0. The minimum atomic E-state index is -0.530. The first-order valence-electron chi connectivity index (χ1n) is 9.97. The summed E-state index contributed by atoms with van der Waals surface area (Å²) in [5.41, 5.74) is 4.28. The molecule has 0 aliphatic carbocycles. The standard InChI is InChI=1S/C25H19BrN2O3/c1-14-10-15(2)23-19(11-14)22(29)20-21(17-5-7-18(26)8-6-17)28(25(30)24(20)31-23)13-16-4-3-9-27-12-16/h3-12,21H,13H2,1-2H3. The van der Waals surface area contributed by atoms with Crippen LogP contribution in [0.5, 0.6) is 0 Å². The van der Waals surface area contributed by atoms with Crippen LogP contribution in [0.4, 0.5) is 0 Å². The lowest BCUT2D eigenvalue weighted by Gasteiger charge is -2.25. The maximum Gasteiger partial charge on any atom is 0.291 e.